The SMILES string of the molecule is Cc1nc(C)c(S(=O)(=O)NC(=O)NC/C(F)=C2\CCCc3cnn(Cc4ccc(Cl)cc4Cl)c32)s1. The first-order valence-corrected chi connectivity index (χ1v) is 13.7. The zero-order chi connectivity index (χ0) is 25.3. The lowest BCUT2D eigenvalue weighted by molar-refractivity contribution is 0.246. The number of allylic oxidation sites excluding steroid dienone is 1. The van der Waals surface area contributed by atoms with E-state index in [1.165, 1.54) is 0 Å². The third-order valence-corrected chi connectivity index (χ3v) is 9.07. The molecular formula is C22H22Cl2FN5O3S2. The van der Waals surface area contributed by atoms with Crippen molar-refractivity contribution in [2.45, 2.75) is 43.9 Å². The Balaban J connectivity index is 1.50. The van der Waals surface area contributed by atoms with Gasteiger partial charge < -0.3 is 5.32 Å². The van der Waals surface area contributed by atoms with Crippen molar-refractivity contribution in [1.29, 1.82) is 0 Å². The van der Waals surface area contributed by atoms with E-state index < -0.39 is 28.4 Å². The summed E-state index contributed by atoms with van der Waals surface area (Å²) >= 11 is 13.2. The number of carbonyl (C=O) groups is 1. The van der Waals surface area contributed by atoms with E-state index in [0.29, 0.717) is 45.0 Å². The molecule has 0 atom stereocenters. The Morgan fingerprint density at radius 1 is 1.26 bits per heavy atom. The second-order valence-electron chi connectivity index (χ2n) is 8.04. The Kier molecular flexibility index (Phi) is 7.51. The number of aryl methyl sites for hydroxylation is 3. The van der Waals surface area contributed by atoms with Crippen molar-refractivity contribution in [3.63, 3.8) is 0 Å². The summed E-state index contributed by atoms with van der Waals surface area (Å²) < 4.78 is 43.8. The molecule has 0 saturated heterocycles. The molecule has 0 aliphatic heterocycles. The molecule has 2 aromatic heterocycles. The van der Waals surface area contributed by atoms with Gasteiger partial charge >= 0.3 is 6.03 Å². The molecule has 4 rings (SSSR count). The van der Waals surface area contributed by atoms with E-state index in [2.05, 4.69) is 15.4 Å². The van der Waals surface area contributed by atoms with Gasteiger partial charge in [-0.15, -0.1) is 11.3 Å². The van der Waals surface area contributed by atoms with Crippen molar-refractivity contribution >= 4 is 56.2 Å². The molecular weight excluding hydrogens is 536 g/mol. The summed E-state index contributed by atoms with van der Waals surface area (Å²) in [6, 6.07) is 4.13. The van der Waals surface area contributed by atoms with Crippen LogP contribution in [0.4, 0.5) is 9.18 Å². The minimum Gasteiger partial charge on any atom is -0.331 e. The van der Waals surface area contributed by atoms with Crippen molar-refractivity contribution in [3.8, 4) is 0 Å². The predicted molar refractivity (Wildman–Crippen MR) is 134 cm³/mol. The molecule has 2 amide bonds. The van der Waals surface area contributed by atoms with Crippen molar-refractivity contribution in [2.75, 3.05) is 6.54 Å². The van der Waals surface area contributed by atoms with Crippen LogP contribution in [0.1, 0.15) is 40.4 Å². The molecule has 35 heavy (non-hydrogen) atoms. The molecule has 1 aliphatic carbocycles. The van der Waals surface area contributed by atoms with E-state index >= 15 is 4.39 Å². The Morgan fingerprint density at radius 3 is 2.71 bits per heavy atom. The van der Waals surface area contributed by atoms with Gasteiger partial charge in [-0.05, 0) is 56.4 Å². The first-order chi connectivity index (χ1) is 16.5. The summed E-state index contributed by atoms with van der Waals surface area (Å²) in [5.41, 5.74) is 3.04. The number of halogens is 3. The molecule has 0 saturated carbocycles. The van der Waals surface area contributed by atoms with E-state index in [-0.39, 0.29) is 4.21 Å². The standard InChI is InChI=1S/C22H22Cl2FN5O3S2/c1-12-21(34-13(2)28-12)35(32,33)29-22(31)26-10-19(25)17-5-3-4-14-9-27-30(20(14)17)11-15-6-7-16(23)8-18(15)24/h6-9H,3-5,10-11H2,1-2H3,(H2,26,29,31)/b19-17-. The molecule has 1 aliphatic rings. The number of amides is 2. The molecule has 8 nitrogen and oxygen atoms in total. The van der Waals surface area contributed by atoms with Crippen LogP contribution in [0.3, 0.4) is 0 Å². The topological polar surface area (TPSA) is 106 Å². The number of benzene rings is 1. The number of hydrogen-bond donors (Lipinski definition) is 2. The molecule has 0 radical (unpaired) electrons. The number of hydrogen-bond acceptors (Lipinski definition) is 6. The second-order valence-corrected chi connectivity index (χ2v) is 12.0. The van der Waals surface area contributed by atoms with Crippen LogP contribution in [0, 0.1) is 13.8 Å². The second kappa shape index (κ2) is 10.3. The van der Waals surface area contributed by atoms with E-state index in [0.717, 1.165) is 35.3 Å². The maximum atomic E-state index is 15.3. The van der Waals surface area contributed by atoms with Crippen molar-refractivity contribution < 1.29 is 17.6 Å². The fourth-order valence-corrected chi connectivity index (χ4v) is 6.84. The van der Waals surface area contributed by atoms with Gasteiger partial charge in [-0.3, -0.25) is 4.68 Å². The Hall–Kier alpha value is -2.47. The van der Waals surface area contributed by atoms with Crippen LogP contribution >= 0.6 is 34.5 Å². The monoisotopic (exact) mass is 557 g/mol. The molecule has 3 aromatic rings. The molecule has 0 unspecified atom stereocenters. The number of urea groups is 1. The summed E-state index contributed by atoms with van der Waals surface area (Å²) in [5.74, 6) is -0.563. The lowest BCUT2D eigenvalue weighted by Gasteiger charge is -2.19. The predicted octanol–water partition coefficient (Wildman–Crippen LogP) is 5.02. The molecule has 13 heteroatoms. The Labute approximate surface area is 216 Å². The normalized spacial score (nSPS) is 15.0. The zero-order valence-electron chi connectivity index (χ0n) is 18.9. The van der Waals surface area contributed by atoms with Gasteiger partial charge in [-0.2, -0.15) is 5.10 Å². The van der Waals surface area contributed by atoms with Gasteiger partial charge in [0.1, 0.15) is 5.83 Å². The third kappa shape index (κ3) is 5.69. The van der Waals surface area contributed by atoms with Gasteiger partial charge in [0.2, 0.25) is 0 Å². The van der Waals surface area contributed by atoms with Crippen molar-refractivity contribution in [3.05, 3.63) is 67.8 Å². The van der Waals surface area contributed by atoms with Crippen LogP contribution < -0.4 is 10.0 Å². The van der Waals surface area contributed by atoms with Crippen LogP contribution in [-0.2, 0) is 23.0 Å². The van der Waals surface area contributed by atoms with E-state index in [4.69, 9.17) is 23.2 Å². The van der Waals surface area contributed by atoms with Gasteiger partial charge in [-0.25, -0.2) is 27.3 Å². The number of thiazole rings is 1. The van der Waals surface area contributed by atoms with Crippen LogP contribution in [0.25, 0.3) is 5.57 Å². The highest BCUT2D eigenvalue weighted by Gasteiger charge is 2.26. The van der Waals surface area contributed by atoms with Crippen molar-refractivity contribution in [1.82, 2.24) is 24.8 Å². The minimum atomic E-state index is -4.11. The number of nitrogens with zero attached hydrogens (tertiary/aromatic N) is 3. The summed E-state index contributed by atoms with van der Waals surface area (Å²) in [7, 11) is -4.11. The molecule has 1 aromatic carbocycles. The van der Waals surface area contributed by atoms with Crippen molar-refractivity contribution in [2.24, 2.45) is 0 Å². The fraction of sp³-hybridized carbons (Fsp3) is 0.318. The molecule has 0 fully saturated rings. The Bertz CT molecular complexity index is 1430. The number of fused-ring (bicyclic) bond motifs is 1. The third-order valence-electron chi connectivity index (χ3n) is 5.47. The smallest absolute Gasteiger partial charge is 0.329 e. The molecule has 2 heterocycles. The number of sulfonamides is 1. The average molecular weight is 558 g/mol. The van der Waals surface area contributed by atoms with Gasteiger partial charge in [-0.1, -0.05) is 29.3 Å². The van der Waals surface area contributed by atoms with E-state index in [9.17, 15) is 13.2 Å². The molecule has 186 valence electrons. The van der Waals surface area contributed by atoms with Gasteiger partial charge in [0.25, 0.3) is 10.0 Å². The summed E-state index contributed by atoms with van der Waals surface area (Å²) in [5, 5.41) is 8.27. The van der Waals surface area contributed by atoms with Gasteiger partial charge in [0.05, 0.1) is 35.7 Å². The van der Waals surface area contributed by atoms with Crippen LogP contribution in [0.2, 0.25) is 10.0 Å². The summed E-state index contributed by atoms with van der Waals surface area (Å²) in [4.78, 5) is 16.3. The van der Waals surface area contributed by atoms with Gasteiger partial charge in [0.15, 0.2) is 4.21 Å². The van der Waals surface area contributed by atoms with Crippen LogP contribution in [0.15, 0.2) is 34.4 Å². The number of carbonyl (C=O) groups excluding carboxylic acids is 1. The number of aromatic nitrogens is 3. The maximum Gasteiger partial charge on any atom is 0.329 e. The largest absolute Gasteiger partial charge is 0.331 e. The lowest BCUT2D eigenvalue weighted by Crippen LogP contribution is -2.40. The number of nitrogens with one attached hydrogen (secondary N) is 2. The van der Waals surface area contributed by atoms with Crippen LogP contribution in [-0.4, -0.2) is 35.8 Å². The van der Waals surface area contributed by atoms with Gasteiger partial charge in [0, 0.05) is 15.6 Å². The minimum absolute atomic E-state index is 0.0503. The highest BCUT2D eigenvalue weighted by atomic mass is 35.5. The molecule has 0 spiro atoms. The van der Waals surface area contributed by atoms with E-state index in [1.54, 1.807) is 42.9 Å². The first-order valence-electron chi connectivity index (χ1n) is 10.7. The highest BCUT2D eigenvalue weighted by molar-refractivity contribution is 7.92. The first kappa shape index (κ1) is 25.6. The zero-order valence-corrected chi connectivity index (χ0v) is 22.0. The highest BCUT2D eigenvalue weighted by Crippen LogP contribution is 2.34. The summed E-state index contributed by atoms with van der Waals surface area (Å²) in [6.07, 6.45) is 3.64. The van der Waals surface area contributed by atoms with E-state index in [1.807, 2.05) is 4.72 Å². The fourth-order valence-electron chi connectivity index (χ4n) is 3.96. The Morgan fingerprint density at radius 2 is 2.03 bits per heavy atom. The van der Waals surface area contributed by atoms with Crippen LogP contribution in [0.5, 0.6) is 0 Å². The molecule has 0 bridgehead atoms. The average Bonchev–Trinajstić information content (AvgIpc) is 3.36. The summed E-state index contributed by atoms with van der Waals surface area (Å²) in [6.45, 7) is 3.06. The number of rotatable bonds is 6. The molecule has 2 N–H and O–H groups in total. The maximum absolute atomic E-state index is 15.3. The lowest BCUT2D eigenvalue weighted by atomic mass is 9.92. The quantitative estimate of drug-likeness (QED) is 0.442.